The highest BCUT2D eigenvalue weighted by molar-refractivity contribution is 8.01. The van der Waals surface area contributed by atoms with Gasteiger partial charge in [-0.05, 0) is 25.0 Å². The first kappa shape index (κ1) is 12.1. The van der Waals surface area contributed by atoms with Crippen molar-refractivity contribution in [3.05, 3.63) is 30.1 Å². The van der Waals surface area contributed by atoms with E-state index in [0.717, 1.165) is 12.8 Å². The van der Waals surface area contributed by atoms with Gasteiger partial charge in [-0.1, -0.05) is 26.0 Å². The highest BCUT2D eigenvalue weighted by Gasteiger charge is 2.28. The maximum atomic E-state index is 13.4. The molecule has 0 saturated heterocycles. The highest BCUT2D eigenvalue weighted by atomic mass is 32.2. The number of benzene rings is 1. The van der Waals surface area contributed by atoms with Crippen molar-refractivity contribution < 1.29 is 4.39 Å². The van der Waals surface area contributed by atoms with Crippen molar-refractivity contribution in [2.24, 2.45) is 0 Å². The summed E-state index contributed by atoms with van der Waals surface area (Å²) in [4.78, 5) is 0.558. The third-order valence-electron chi connectivity index (χ3n) is 2.49. The molecule has 0 saturated carbocycles. The molecule has 0 aliphatic rings. The summed E-state index contributed by atoms with van der Waals surface area (Å²) >= 11 is 1.33. The maximum absolute atomic E-state index is 13.4. The fourth-order valence-corrected chi connectivity index (χ4v) is 2.38. The smallest absolute Gasteiger partial charge is 0.136 e. The zero-order valence-corrected chi connectivity index (χ0v) is 9.77. The van der Waals surface area contributed by atoms with Crippen molar-refractivity contribution in [1.82, 2.24) is 0 Å². The SMILES string of the molecule is CCC(C#N)(CC)Sc1ccccc1F. The number of nitrogens with zero attached hydrogens (tertiary/aromatic N) is 1. The van der Waals surface area contributed by atoms with Gasteiger partial charge in [-0.2, -0.15) is 5.26 Å². The molecule has 0 spiro atoms. The van der Waals surface area contributed by atoms with E-state index in [1.807, 2.05) is 13.8 Å². The van der Waals surface area contributed by atoms with Gasteiger partial charge < -0.3 is 0 Å². The zero-order valence-electron chi connectivity index (χ0n) is 8.96. The second-order valence-electron chi connectivity index (χ2n) is 3.35. The molecule has 0 bridgehead atoms. The number of nitriles is 1. The molecule has 0 aliphatic heterocycles. The lowest BCUT2D eigenvalue weighted by molar-refractivity contribution is 0.598. The Morgan fingerprint density at radius 1 is 1.33 bits per heavy atom. The molecule has 0 fully saturated rings. The van der Waals surface area contributed by atoms with Gasteiger partial charge >= 0.3 is 0 Å². The second-order valence-corrected chi connectivity index (χ2v) is 4.77. The second kappa shape index (κ2) is 5.18. The van der Waals surface area contributed by atoms with Crippen LogP contribution in [-0.4, -0.2) is 4.75 Å². The molecule has 15 heavy (non-hydrogen) atoms. The van der Waals surface area contributed by atoms with Gasteiger partial charge in [0.2, 0.25) is 0 Å². The first-order valence-corrected chi connectivity index (χ1v) is 5.84. The molecule has 0 aliphatic carbocycles. The number of thioether (sulfide) groups is 1. The van der Waals surface area contributed by atoms with E-state index in [4.69, 9.17) is 5.26 Å². The van der Waals surface area contributed by atoms with E-state index < -0.39 is 4.75 Å². The molecule has 1 rings (SSSR count). The lowest BCUT2D eigenvalue weighted by Crippen LogP contribution is -2.19. The molecule has 0 N–H and O–H groups in total. The van der Waals surface area contributed by atoms with Gasteiger partial charge in [0.1, 0.15) is 10.6 Å². The van der Waals surface area contributed by atoms with Crippen LogP contribution in [0.3, 0.4) is 0 Å². The van der Waals surface area contributed by atoms with Crippen molar-refractivity contribution in [2.45, 2.75) is 36.3 Å². The van der Waals surface area contributed by atoms with E-state index in [9.17, 15) is 4.39 Å². The Hall–Kier alpha value is -1.01. The number of rotatable bonds is 4. The predicted octanol–water partition coefficient (Wildman–Crippen LogP) is 4.00. The van der Waals surface area contributed by atoms with E-state index in [1.54, 1.807) is 18.2 Å². The van der Waals surface area contributed by atoms with Gasteiger partial charge in [0.15, 0.2) is 0 Å². The Labute approximate surface area is 94.3 Å². The van der Waals surface area contributed by atoms with E-state index in [0.29, 0.717) is 4.90 Å². The highest BCUT2D eigenvalue weighted by Crippen LogP contribution is 2.38. The summed E-state index contributed by atoms with van der Waals surface area (Å²) in [6.45, 7) is 3.92. The minimum atomic E-state index is -0.498. The summed E-state index contributed by atoms with van der Waals surface area (Å²) in [5, 5.41) is 9.14. The first-order chi connectivity index (χ1) is 7.17. The normalized spacial score (nSPS) is 11.1. The number of hydrogen-bond donors (Lipinski definition) is 0. The molecular weight excluding hydrogens is 209 g/mol. The van der Waals surface area contributed by atoms with Gasteiger partial charge in [0.05, 0.1) is 6.07 Å². The minimum absolute atomic E-state index is 0.246. The Bertz CT molecular complexity index is 366. The molecule has 0 unspecified atom stereocenters. The Kier molecular flexibility index (Phi) is 4.16. The molecule has 0 atom stereocenters. The van der Waals surface area contributed by atoms with Crippen LogP contribution in [0.5, 0.6) is 0 Å². The third-order valence-corrected chi connectivity index (χ3v) is 4.10. The molecule has 1 aromatic carbocycles. The molecule has 3 heteroatoms. The number of hydrogen-bond acceptors (Lipinski definition) is 2. The van der Waals surface area contributed by atoms with E-state index in [2.05, 4.69) is 6.07 Å². The Balaban J connectivity index is 2.94. The standard InChI is InChI=1S/C12H14FNS/c1-3-12(4-2,9-14)15-11-8-6-5-7-10(11)13/h5-8H,3-4H2,1-2H3. The lowest BCUT2D eigenvalue weighted by Gasteiger charge is -2.22. The van der Waals surface area contributed by atoms with Crippen LogP contribution in [0.2, 0.25) is 0 Å². The molecular formula is C12H14FNS. The van der Waals surface area contributed by atoms with Crippen molar-refractivity contribution in [1.29, 1.82) is 5.26 Å². The summed E-state index contributed by atoms with van der Waals surface area (Å²) in [5.74, 6) is -0.246. The third kappa shape index (κ3) is 2.73. The fourth-order valence-electron chi connectivity index (χ4n) is 1.31. The summed E-state index contributed by atoms with van der Waals surface area (Å²) in [6, 6.07) is 8.88. The fraction of sp³-hybridized carbons (Fsp3) is 0.417. The van der Waals surface area contributed by atoms with Crippen molar-refractivity contribution in [3.63, 3.8) is 0 Å². The van der Waals surface area contributed by atoms with Crippen LogP contribution in [0.1, 0.15) is 26.7 Å². The van der Waals surface area contributed by atoms with E-state index in [-0.39, 0.29) is 5.82 Å². The maximum Gasteiger partial charge on any atom is 0.136 e. The quantitative estimate of drug-likeness (QED) is 0.720. The van der Waals surface area contributed by atoms with Gasteiger partial charge in [0.25, 0.3) is 0 Å². The lowest BCUT2D eigenvalue weighted by atomic mass is 10.1. The first-order valence-electron chi connectivity index (χ1n) is 5.02. The van der Waals surface area contributed by atoms with Crippen molar-refractivity contribution in [3.8, 4) is 6.07 Å². The van der Waals surface area contributed by atoms with Crippen LogP contribution in [0, 0.1) is 17.1 Å². The van der Waals surface area contributed by atoms with Crippen molar-refractivity contribution >= 4 is 11.8 Å². The molecule has 1 aromatic rings. The number of halogens is 1. The van der Waals surface area contributed by atoms with Crippen LogP contribution in [-0.2, 0) is 0 Å². The molecule has 0 aromatic heterocycles. The van der Waals surface area contributed by atoms with E-state index in [1.165, 1.54) is 17.8 Å². The summed E-state index contributed by atoms with van der Waals surface area (Å²) in [6.07, 6.45) is 1.44. The molecule has 80 valence electrons. The van der Waals surface area contributed by atoms with Crippen LogP contribution >= 0.6 is 11.8 Å². The van der Waals surface area contributed by atoms with Crippen molar-refractivity contribution in [2.75, 3.05) is 0 Å². The molecule has 0 radical (unpaired) electrons. The molecule has 0 heterocycles. The Morgan fingerprint density at radius 3 is 2.40 bits per heavy atom. The monoisotopic (exact) mass is 223 g/mol. The summed E-state index contributed by atoms with van der Waals surface area (Å²) < 4.78 is 12.9. The minimum Gasteiger partial charge on any atom is -0.206 e. The average Bonchev–Trinajstić information content (AvgIpc) is 2.29. The average molecular weight is 223 g/mol. The van der Waals surface area contributed by atoms with E-state index >= 15 is 0 Å². The zero-order chi connectivity index (χ0) is 11.3. The van der Waals surface area contributed by atoms with Gasteiger partial charge in [0, 0.05) is 4.90 Å². The van der Waals surface area contributed by atoms with Crippen LogP contribution in [0.15, 0.2) is 29.2 Å². The molecule has 0 amide bonds. The van der Waals surface area contributed by atoms with Crippen LogP contribution in [0.4, 0.5) is 4.39 Å². The molecule has 1 nitrogen and oxygen atoms in total. The summed E-state index contributed by atoms with van der Waals surface area (Å²) in [7, 11) is 0. The van der Waals surface area contributed by atoms with Crippen LogP contribution < -0.4 is 0 Å². The van der Waals surface area contributed by atoms with Gasteiger partial charge in [-0.3, -0.25) is 0 Å². The predicted molar refractivity (Wildman–Crippen MR) is 61.2 cm³/mol. The largest absolute Gasteiger partial charge is 0.206 e. The van der Waals surface area contributed by atoms with Gasteiger partial charge in [-0.15, -0.1) is 11.8 Å². The summed E-state index contributed by atoms with van der Waals surface area (Å²) in [5.41, 5.74) is 0. The Morgan fingerprint density at radius 2 is 1.93 bits per heavy atom. The van der Waals surface area contributed by atoms with Gasteiger partial charge in [-0.25, -0.2) is 4.39 Å². The van der Waals surface area contributed by atoms with Crippen LogP contribution in [0.25, 0.3) is 0 Å². The topological polar surface area (TPSA) is 23.8 Å².